The number of rotatable bonds is 0. The van der Waals surface area contributed by atoms with Crippen molar-refractivity contribution in [3.8, 4) is 5.75 Å². The van der Waals surface area contributed by atoms with E-state index in [2.05, 4.69) is 18.2 Å². The minimum atomic E-state index is 0.799. The molecule has 1 aromatic rings. The first kappa shape index (κ1) is 6.47. The van der Waals surface area contributed by atoms with Crippen LogP contribution in [-0.2, 0) is 0 Å². The van der Waals surface area contributed by atoms with Crippen LogP contribution >= 0.6 is 0 Å². The van der Waals surface area contributed by atoms with E-state index in [-0.39, 0.29) is 0 Å². The van der Waals surface area contributed by atoms with E-state index >= 15 is 0 Å². The van der Waals surface area contributed by atoms with Crippen molar-refractivity contribution in [1.82, 2.24) is 0 Å². The molecule has 1 aliphatic heterocycles. The van der Waals surface area contributed by atoms with Crippen molar-refractivity contribution in [3.63, 3.8) is 0 Å². The summed E-state index contributed by atoms with van der Waals surface area (Å²) >= 11 is 0. The van der Waals surface area contributed by atoms with Crippen molar-refractivity contribution in [3.05, 3.63) is 35.9 Å². The van der Waals surface area contributed by atoms with Crippen LogP contribution in [0.3, 0.4) is 0 Å². The molecule has 11 heavy (non-hydrogen) atoms. The summed E-state index contributed by atoms with van der Waals surface area (Å²) in [6, 6.07) is 8.10. The quantitative estimate of drug-likeness (QED) is 0.546. The number of fused-ring (bicyclic) bond motifs is 1. The molecule has 0 unspecified atom stereocenters. The summed E-state index contributed by atoms with van der Waals surface area (Å²) < 4.78 is 5.49. The van der Waals surface area contributed by atoms with Crippen LogP contribution in [0.15, 0.2) is 30.3 Å². The molecular weight excluding hydrogens is 136 g/mol. The van der Waals surface area contributed by atoms with E-state index in [4.69, 9.17) is 4.74 Å². The van der Waals surface area contributed by atoms with E-state index in [1.54, 1.807) is 0 Å². The molecule has 0 bridgehead atoms. The van der Waals surface area contributed by atoms with Gasteiger partial charge in [0.2, 0.25) is 0 Å². The molecule has 0 aromatic heterocycles. The zero-order chi connectivity index (χ0) is 7.52. The highest BCUT2D eigenvalue weighted by molar-refractivity contribution is 5.57. The molecule has 1 heterocycles. The molecule has 2 rings (SSSR count). The van der Waals surface area contributed by atoms with E-state index in [1.165, 1.54) is 5.56 Å². The van der Waals surface area contributed by atoms with Gasteiger partial charge in [-0.15, -0.1) is 0 Å². The molecule has 0 N–H and O–H groups in total. The summed E-state index contributed by atoms with van der Waals surface area (Å²) in [6.07, 6.45) is 5.27. The van der Waals surface area contributed by atoms with Crippen LogP contribution < -0.4 is 4.74 Å². The monoisotopic (exact) mass is 146 g/mol. The van der Waals surface area contributed by atoms with Crippen molar-refractivity contribution < 1.29 is 4.74 Å². The standard InChI is InChI=1S/C10H10O/c1-2-7-10-9(5-1)6-3-4-8-11-10/h1-3,5-7H,4,8H2. The highest BCUT2D eigenvalue weighted by Gasteiger charge is 2.00. The molecule has 0 saturated heterocycles. The Morgan fingerprint density at radius 3 is 3.09 bits per heavy atom. The molecule has 0 fully saturated rings. The van der Waals surface area contributed by atoms with Crippen LogP contribution in [0.5, 0.6) is 5.75 Å². The van der Waals surface area contributed by atoms with E-state index in [9.17, 15) is 0 Å². The number of hydrogen-bond donors (Lipinski definition) is 0. The Labute approximate surface area is 66.3 Å². The van der Waals surface area contributed by atoms with E-state index in [0.29, 0.717) is 0 Å². The van der Waals surface area contributed by atoms with Gasteiger partial charge in [-0.25, -0.2) is 0 Å². The molecule has 1 heteroatoms. The third kappa shape index (κ3) is 1.27. The fraction of sp³-hybridized carbons (Fsp3) is 0.200. The summed E-state index contributed by atoms with van der Waals surface area (Å²) in [4.78, 5) is 0. The van der Waals surface area contributed by atoms with E-state index < -0.39 is 0 Å². The summed E-state index contributed by atoms with van der Waals surface area (Å²) in [5, 5.41) is 0. The Morgan fingerprint density at radius 1 is 1.18 bits per heavy atom. The molecule has 0 aliphatic carbocycles. The first-order valence-corrected chi connectivity index (χ1v) is 3.85. The number of benzene rings is 1. The van der Waals surface area contributed by atoms with Gasteiger partial charge in [-0.3, -0.25) is 0 Å². The second-order valence-corrected chi connectivity index (χ2v) is 2.58. The van der Waals surface area contributed by atoms with Gasteiger partial charge in [0.15, 0.2) is 0 Å². The Bertz CT molecular complexity index is 276. The normalized spacial score (nSPS) is 14.9. The van der Waals surface area contributed by atoms with Crippen LogP contribution in [0.1, 0.15) is 12.0 Å². The van der Waals surface area contributed by atoms with Gasteiger partial charge in [-0.2, -0.15) is 0 Å². The minimum absolute atomic E-state index is 0.799. The average Bonchev–Trinajstić information content (AvgIpc) is 2.28. The topological polar surface area (TPSA) is 9.23 Å². The van der Waals surface area contributed by atoms with E-state index in [1.807, 2.05) is 18.2 Å². The van der Waals surface area contributed by atoms with Crippen molar-refractivity contribution in [1.29, 1.82) is 0 Å². The van der Waals surface area contributed by atoms with Crippen LogP contribution in [0, 0.1) is 0 Å². The fourth-order valence-corrected chi connectivity index (χ4v) is 1.20. The van der Waals surface area contributed by atoms with Gasteiger partial charge in [-0.1, -0.05) is 30.4 Å². The molecule has 1 nitrogen and oxygen atoms in total. The SMILES string of the molecule is C1=Cc2ccccc2OCC1. The Hall–Kier alpha value is -1.24. The van der Waals surface area contributed by atoms with Crippen molar-refractivity contribution >= 4 is 6.08 Å². The number of para-hydroxylation sites is 1. The summed E-state index contributed by atoms with van der Waals surface area (Å²) in [5.74, 6) is 1.00. The minimum Gasteiger partial charge on any atom is -0.493 e. The Balaban J connectivity index is 2.45. The summed E-state index contributed by atoms with van der Waals surface area (Å²) in [7, 11) is 0. The Morgan fingerprint density at radius 2 is 2.09 bits per heavy atom. The zero-order valence-corrected chi connectivity index (χ0v) is 6.29. The second-order valence-electron chi connectivity index (χ2n) is 2.58. The van der Waals surface area contributed by atoms with Crippen LogP contribution in [0.25, 0.3) is 6.08 Å². The lowest BCUT2D eigenvalue weighted by atomic mass is 10.2. The van der Waals surface area contributed by atoms with Crippen molar-refractivity contribution in [2.45, 2.75) is 6.42 Å². The lowest BCUT2D eigenvalue weighted by Crippen LogP contribution is -1.94. The fourth-order valence-electron chi connectivity index (χ4n) is 1.20. The van der Waals surface area contributed by atoms with Crippen LogP contribution in [0.2, 0.25) is 0 Å². The molecule has 0 amide bonds. The Kier molecular flexibility index (Phi) is 1.64. The predicted molar refractivity (Wildman–Crippen MR) is 45.6 cm³/mol. The lowest BCUT2D eigenvalue weighted by molar-refractivity contribution is 0.326. The maximum absolute atomic E-state index is 5.49. The van der Waals surface area contributed by atoms with E-state index in [0.717, 1.165) is 18.8 Å². The van der Waals surface area contributed by atoms with Crippen LogP contribution in [-0.4, -0.2) is 6.61 Å². The first-order valence-electron chi connectivity index (χ1n) is 3.85. The van der Waals surface area contributed by atoms with Crippen molar-refractivity contribution in [2.75, 3.05) is 6.61 Å². The van der Waals surface area contributed by atoms with Gasteiger partial charge in [0.25, 0.3) is 0 Å². The first-order chi connectivity index (χ1) is 5.47. The molecule has 1 aromatic carbocycles. The van der Waals surface area contributed by atoms with Gasteiger partial charge < -0.3 is 4.74 Å². The van der Waals surface area contributed by atoms with Gasteiger partial charge in [0, 0.05) is 5.56 Å². The second kappa shape index (κ2) is 2.79. The number of hydrogen-bond acceptors (Lipinski definition) is 1. The average molecular weight is 146 g/mol. The zero-order valence-electron chi connectivity index (χ0n) is 6.29. The molecular formula is C10H10O. The molecule has 1 aliphatic rings. The third-order valence-electron chi connectivity index (χ3n) is 1.76. The number of ether oxygens (including phenoxy) is 1. The highest BCUT2D eigenvalue weighted by atomic mass is 16.5. The van der Waals surface area contributed by atoms with Gasteiger partial charge in [0.1, 0.15) is 5.75 Å². The highest BCUT2D eigenvalue weighted by Crippen LogP contribution is 2.21. The maximum atomic E-state index is 5.49. The third-order valence-corrected chi connectivity index (χ3v) is 1.76. The van der Waals surface area contributed by atoms with Crippen LogP contribution in [0.4, 0.5) is 0 Å². The molecule has 0 spiro atoms. The molecule has 0 atom stereocenters. The lowest BCUT2D eigenvalue weighted by Gasteiger charge is -2.03. The maximum Gasteiger partial charge on any atom is 0.126 e. The van der Waals surface area contributed by atoms with Crippen molar-refractivity contribution in [2.24, 2.45) is 0 Å². The molecule has 0 radical (unpaired) electrons. The van der Waals surface area contributed by atoms with Gasteiger partial charge in [-0.05, 0) is 12.5 Å². The summed E-state index contributed by atoms with van der Waals surface area (Å²) in [5.41, 5.74) is 1.19. The predicted octanol–water partition coefficient (Wildman–Crippen LogP) is 2.48. The largest absolute Gasteiger partial charge is 0.493 e. The van der Waals surface area contributed by atoms with Gasteiger partial charge in [0.05, 0.1) is 6.61 Å². The smallest absolute Gasteiger partial charge is 0.126 e. The molecule has 0 saturated carbocycles. The summed E-state index contributed by atoms with van der Waals surface area (Å²) in [6.45, 7) is 0.799. The molecule has 56 valence electrons. The van der Waals surface area contributed by atoms with Gasteiger partial charge >= 0.3 is 0 Å².